The molecule has 2 N–H and O–H groups in total. The number of nitrogens with zero attached hydrogens (tertiary/aromatic N) is 1. The first kappa shape index (κ1) is 14.9. The molecule has 0 aromatic heterocycles. The van der Waals surface area contributed by atoms with Gasteiger partial charge in [-0.05, 0) is 37.9 Å². The van der Waals surface area contributed by atoms with Gasteiger partial charge < -0.3 is 15.4 Å². The number of nitrogens with two attached hydrogens (primary N) is 1. The van der Waals surface area contributed by atoms with Gasteiger partial charge in [-0.25, -0.2) is 4.39 Å². The van der Waals surface area contributed by atoms with Crippen molar-refractivity contribution in [3.63, 3.8) is 0 Å². The Hall–Kier alpha value is -1.46. The molecular weight excluding hydrogens is 259 g/mol. The van der Waals surface area contributed by atoms with Crippen molar-refractivity contribution in [2.75, 3.05) is 26.2 Å². The van der Waals surface area contributed by atoms with Crippen LogP contribution >= 0.6 is 0 Å². The van der Waals surface area contributed by atoms with Crippen molar-refractivity contribution in [1.29, 1.82) is 0 Å². The molecule has 0 spiro atoms. The molecule has 0 saturated carbocycles. The number of likely N-dealkylation sites (tertiary alicyclic amines) is 1. The topological polar surface area (TPSA) is 55.6 Å². The SMILES string of the molecule is NCCCOC1CCN(C(=O)c2ccccc2F)CC1. The van der Waals surface area contributed by atoms with Gasteiger partial charge in [0, 0.05) is 19.7 Å². The summed E-state index contributed by atoms with van der Waals surface area (Å²) < 4.78 is 19.3. The van der Waals surface area contributed by atoms with Crippen LogP contribution in [0.15, 0.2) is 24.3 Å². The minimum absolute atomic E-state index is 0.148. The molecule has 0 atom stereocenters. The minimum Gasteiger partial charge on any atom is -0.378 e. The third-order valence-electron chi connectivity index (χ3n) is 3.54. The summed E-state index contributed by atoms with van der Waals surface area (Å²) in [4.78, 5) is 13.9. The van der Waals surface area contributed by atoms with Crippen LogP contribution in [0.5, 0.6) is 0 Å². The molecule has 0 aliphatic carbocycles. The summed E-state index contributed by atoms with van der Waals surface area (Å²) in [5, 5.41) is 0. The highest BCUT2D eigenvalue weighted by molar-refractivity contribution is 5.94. The van der Waals surface area contributed by atoms with Crippen molar-refractivity contribution in [1.82, 2.24) is 4.90 Å². The van der Waals surface area contributed by atoms with Gasteiger partial charge in [0.2, 0.25) is 0 Å². The third-order valence-corrected chi connectivity index (χ3v) is 3.54. The van der Waals surface area contributed by atoms with E-state index >= 15 is 0 Å². The van der Waals surface area contributed by atoms with Crippen molar-refractivity contribution in [2.45, 2.75) is 25.4 Å². The molecule has 5 heteroatoms. The van der Waals surface area contributed by atoms with E-state index in [1.54, 1.807) is 17.0 Å². The monoisotopic (exact) mass is 280 g/mol. The second-order valence-corrected chi connectivity index (χ2v) is 4.98. The van der Waals surface area contributed by atoms with Crippen LogP contribution in [-0.2, 0) is 4.74 Å². The number of carbonyl (C=O) groups excluding carboxylic acids is 1. The van der Waals surface area contributed by atoms with Crippen LogP contribution in [0.1, 0.15) is 29.6 Å². The lowest BCUT2D eigenvalue weighted by atomic mass is 10.1. The van der Waals surface area contributed by atoms with Gasteiger partial charge in [0.25, 0.3) is 5.91 Å². The average Bonchev–Trinajstić information content (AvgIpc) is 2.48. The van der Waals surface area contributed by atoms with E-state index in [1.165, 1.54) is 12.1 Å². The number of hydrogen-bond acceptors (Lipinski definition) is 3. The summed E-state index contributed by atoms with van der Waals surface area (Å²) in [5.74, 6) is -0.692. The van der Waals surface area contributed by atoms with Crippen molar-refractivity contribution in [3.8, 4) is 0 Å². The predicted molar refractivity (Wildman–Crippen MR) is 74.9 cm³/mol. The van der Waals surface area contributed by atoms with E-state index in [9.17, 15) is 9.18 Å². The standard InChI is InChI=1S/C15H21FN2O2/c16-14-5-2-1-4-13(14)15(19)18-9-6-12(7-10-18)20-11-3-8-17/h1-2,4-5,12H,3,6-11,17H2. The fraction of sp³-hybridized carbons (Fsp3) is 0.533. The molecule has 20 heavy (non-hydrogen) atoms. The number of halogens is 1. The third kappa shape index (κ3) is 3.77. The van der Waals surface area contributed by atoms with Gasteiger partial charge in [0.05, 0.1) is 11.7 Å². The van der Waals surface area contributed by atoms with Crippen LogP contribution in [0.2, 0.25) is 0 Å². The quantitative estimate of drug-likeness (QED) is 0.837. The molecule has 1 aliphatic heterocycles. The zero-order valence-electron chi connectivity index (χ0n) is 11.6. The molecule has 0 bridgehead atoms. The number of benzene rings is 1. The van der Waals surface area contributed by atoms with Crippen molar-refractivity contribution >= 4 is 5.91 Å². The second kappa shape index (κ2) is 7.36. The lowest BCUT2D eigenvalue weighted by molar-refractivity contribution is 0.00834. The van der Waals surface area contributed by atoms with Crippen LogP contribution in [-0.4, -0.2) is 43.2 Å². The van der Waals surface area contributed by atoms with Crippen molar-refractivity contribution in [2.24, 2.45) is 5.73 Å². The van der Waals surface area contributed by atoms with Gasteiger partial charge in [-0.1, -0.05) is 12.1 Å². The highest BCUT2D eigenvalue weighted by Gasteiger charge is 2.25. The number of rotatable bonds is 5. The Morgan fingerprint density at radius 1 is 1.35 bits per heavy atom. The largest absolute Gasteiger partial charge is 0.378 e. The van der Waals surface area contributed by atoms with Crippen molar-refractivity contribution < 1.29 is 13.9 Å². The number of carbonyl (C=O) groups is 1. The first-order valence-electron chi connectivity index (χ1n) is 7.08. The maximum absolute atomic E-state index is 13.6. The van der Waals surface area contributed by atoms with Crippen LogP contribution in [0.3, 0.4) is 0 Å². The van der Waals surface area contributed by atoms with E-state index < -0.39 is 5.82 Å². The van der Waals surface area contributed by atoms with E-state index in [4.69, 9.17) is 10.5 Å². The zero-order chi connectivity index (χ0) is 14.4. The number of amides is 1. The lowest BCUT2D eigenvalue weighted by Crippen LogP contribution is -2.41. The van der Waals surface area contributed by atoms with E-state index in [0.717, 1.165) is 19.3 Å². The van der Waals surface area contributed by atoms with Crippen LogP contribution in [0.25, 0.3) is 0 Å². The second-order valence-electron chi connectivity index (χ2n) is 4.98. The van der Waals surface area contributed by atoms with E-state index in [-0.39, 0.29) is 17.6 Å². The Labute approximate surface area is 118 Å². The van der Waals surface area contributed by atoms with Gasteiger partial charge in [0.15, 0.2) is 0 Å². The smallest absolute Gasteiger partial charge is 0.256 e. The molecule has 0 radical (unpaired) electrons. The molecule has 1 aromatic rings. The molecule has 1 fully saturated rings. The number of hydrogen-bond donors (Lipinski definition) is 1. The van der Waals surface area contributed by atoms with Gasteiger partial charge in [-0.2, -0.15) is 0 Å². The maximum Gasteiger partial charge on any atom is 0.256 e. The van der Waals surface area contributed by atoms with E-state index in [0.29, 0.717) is 26.2 Å². The van der Waals surface area contributed by atoms with Crippen molar-refractivity contribution in [3.05, 3.63) is 35.6 Å². The summed E-state index contributed by atoms with van der Waals surface area (Å²) in [7, 11) is 0. The molecule has 0 unspecified atom stereocenters. The fourth-order valence-corrected chi connectivity index (χ4v) is 2.36. The lowest BCUT2D eigenvalue weighted by Gasteiger charge is -2.32. The minimum atomic E-state index is -0.459. The maximum atomic E-state index is 13.6. The highest BCUT2D eigenvalue weighted by atomic mass is 19.1. The Morgan fingerprint density at radius 2 is 2.05 bits per heavy atom. The average molecular weight is 280 g/mol. The fourth-order valence-electron chi connectivity index (χ4n) is 2.36. The van der Waals surface area contributed by atoms with Gasteiger partial charge in [0.1, 0.15) is 5.82 Å². The number of ether oxygens (including phenoxy) is 1. The molecule has 1 aliphatic rings. The Bertz CT molecular complexity index is 445. The first-order chi connectivity index (χ1) is 9.72. The number of piperidine rings is 1. The Kier molecular flexibility index (Phi) is 5.49. The molecule has 4 nitrogen and oxygen atoms in total. The molecule has 1 heterocycles. The van der Waals surface area contributed by atoms with Gasteiger partial charge >= 0.3 is 0 Å². The molecular formula is C15H21FN2O2. The predicted octanol–water partition coefficient (Wildman–Crippen LogP) is 1.80. The van der Waals surface area contributed by atoms with Crippen LogP contribution < -0.4 is 5.73 Å². The van der Waals surface area contributed by atoms with Gasteiger partial charge in [-0.3, -0.25) is 4.79 Å². The van der Waals surface area contributed by atoms with E-state index in [2.05, 4.69) is 0 Å². The van der Waals surface area contributed by atoms with Crippen LogP contribution in [0.4, 0.5) is 4.39 Å². The van der Waals surface area contributed by atoms with Gasteiger partial charge in [-0.15, -0.1) is 0 Å². The summed E-state index contributed by atoms with van der Waals surface area (Å²) in [5.41, 5.74) is 5.56. The molecule has 2 rings (SSSR count). The first-order valence-corrected chi connectivity index (χ1v) is 7.08. The Morgan fingerprint density at radius 3 is 2.70 bits per heavy atom. The van der Waals surface area contributed by atoms with E-state index in [1.807, 2.05) is 0 Å². The molecule has 1 aromatic carbocycles. The molecule has 110 valence electrons. The summed E-state index contributed by atoms with van der Waals surface area (Å²) in [6, 6.07) is 6.11. The van der Waals surface area contributed by atoms with Crippen LogP contribution in [0, 0.1) is 5.82 Å². The Balaban J connectivity index is 1.85. The molecule has 1 amide bonds. The summed E-state index contributed by atoms with van der Waals surface area (Å²) >= 11 is 0. The summed E-state index contributed by atoms with van der Waals surface area (Å²) in [6.45, 7) is 2.52. The normalized spacial score (nSPS) is 16.4. The summed E-state index contributed by atoms with van der Waals surface area (Å²) in [6.07, 6.45) is 2.63. The highest BCUT2D eigenvalue weighted by Crippen LogP contribution is 2.17. The molecule has 1 saturated heterocycles. The zero-order valence-corrected chi connectivity index (χ0v) is 11.6.